The molecule has 0 heterocycles. The first-order chi connectivity index (χ1) is 7.99. The molecule has 3 nitrogen and oxygen atoms in total. The molecule has 1 aromatic rings. The summed E-state index contributed by atoms with van der Waals surface area (Å²) in [5.74, 6) is 1.01. The Morgan fingerprint density at radius 3 is 1.88 bits per heavy atom. The van der Waals surface area contributed by atoms with Crippen LogP contribution < -0.4 is 4.90 Å². The molecule has 0 spiro atoms. The van der Waals surface area contributed by atoms with Gasteiger partial charge in [-0.25, -0.2) is 8.42 Å². The van der Waals surface area contributed by atoms with E-state index in [1.165, 1.54) is 6.26 Å². The Morgan fingerprint density at radius 2 is 1.53 bits per heavy atom. The predicted molar refractivity (Wildman–Crippen MR) is 73.2 cm³/mol. The van der Waals surface area contributed by atoms with Gasteiger partial charge in [0, 0.05) is 36.8 Å². The van der Waals surface area contributed by atoms with Gasteiger partial charge in [0.15, 0.2) is 9.84 Å². The molecule has 0 saturated carbocycles. The molecule has 0 fully saturated rings. The lowest BCUT2D eigenvalue weighted by Crippen LogP contribution is -2.27. The van der Waals surface area contributed by atoms with Gasteiger partial charge in [0.05, 0.1) is 4.90 Å². The molecular formula is C11H15Cl2NO2S. The molecule has 0 aliphatic carbocycles. The predicted octanol–water partition coefficient (Wildman–Crippen LogP) is 2.37. The van der Waals surface area contributed by atoms with Crippen molar-refractivity contribution < 1.29 is 8.42 Å². The van der Waals surface area contributed by atoms with Gasteiger partial charge >= 0.3 is 0 Å². The van der Waals surface area contributed by atoms with Gasteiger partial charge < -0.3 is 4.90 Å². The van der Waals surface area contributed by atoms with Crippen LogP contribution in [0.15, 0.2) is 29.2 Å². The molecule has 96 valence electrons. The maximum Gasteiger partial charge on any atom is 0.175 e. The Hall–Kier alpha value is -0.450. The summed E-state index contributed by atoms with van der Waals surface area (Å²) in [6.45, 7) is 1.37. The summed E-state index contributed by atoms with van der Waals surface area (Å²) in [6, 6.07) is 6.74. The van der Waals surface area contributed by atoms with Crippen LogP contribution >= 0.6 is 23.2 Å². The molecule has 0 aliphatic rings. The van der Waals surface area contributed by atoms with E-state index < -0.39 is 9.84 Å². The van der Waals surface area contributed by atoms with Gasteiger partial charge in [0.25, 0.3) is 0 Å². The Labute approximate surface area is 112 Å². The van der Waals surface area contributed by atoms with E-state index >= 15 is 0 Å². The Balaban J connectivity index is 2.91. The molecule has 0 atom stereocenters. The second-order valence-electron chi connectivity index (χ2n) is 3.63. The van der Waals surface area contributed by atoms with Crippen molar-refractivity contribution in [3.8, 4) is 0 Å². The molecule has 0 N–H and O–H groups in total. The third-order valence-electron chi connectivity index (χ3n) is 2.34. The van der Waals surface area contributed by atoms with Crippen molar-refractivity contribution >= 4 is 38.7 Å². The zero-order chi connectivity index (χ0) is 12.9. The smallest absolute Gasteiger partial charge is 0.175 e. The quantitative estimate of drug-likeness (QED) is 0.756. The Bertz CT molecular complexity index is 439. The Morgan fingerprint density at radius 1 is 1.06 bits per heavy atom. The third-order valence-corrected chi connectivity index (χ3v) is 3.81. The number of sulfone groups is 1. The maximum absolute atomic E-state index is 11.3. The minimum Gasteiger partial charge on any atom is -0.369 e. The maximum atomic E-state index is 11.3. The molecule has 0 amide bonds. The fraction of sp³-hybridized carbons (Fsp3) is 0.455. The van der Waals surface area contributed by atoms with E-state index in [9.17, 15) is 8.42 Å². The van der Waals surface area contributed by atoms with Crippen LogP contribution in [0.1, 0.15) is 0 Å². The third kappa shape index (κ3) is 4.37. The highest BCUT2D eigenvalue weighted by Gasteiger charge is 2.09. The van der Waals surface area contributed by atoms with Crippen molar-refractivity contribution in [1.29, 1.82) is 0 Å². The van der Waals surface area contributed by atoms with Gasteiger partial charge in [-0.3, -0.25) is 0 Å². The summed E-state index contributed by atoms with van der Waals surface area (Å²) < 4.78 is 22.6. The van der Waals surface area contributed by atoms with E-state index in [4.69, 9.17) is 23.2 Å². The first-order valence-corrected chi connectivity index (χ1v) is 8.12. The van der Waals surface area contributed by atoms with Gasteiger partial charge in [-0.2, -0.15) is 0 Å². The fourth-order valence-electron chi connectivity index (χ4n) is 1.48. The van der Waals surface area contributed by atoms with Crippen LogP contribution in [-0.4, -0.2) is 39.5 Å². The molecule has 0 unspecified atom stereocenters. The van der Waals surface area contributed by atoms with Crippen LogP contribution in [-0.2, 0) is 9.84 Å². The lowest BCUT2D eigenvalue weighted by atomic mass is 10.3. The second kappa shape index (κ2) is 6.47. The monoisotopic (exact) mass is 295 g/mol. The average Bonchev–Trinajstić information content (AvgIpc) is 2.28. The van der Waals surface area contributed by atoms with E-state index in [0.717, 1.165) is 5.69 Å². The molecule has 0 bridgehead atoms. The standard InChI is InChI=1S/C11H15Cl2NO2S/c1-17(15,16)11-4-2-10(3-5-11)14(8-6-12)9-7-13/h2-5H,6-9H2,1H3. The van der Waals surface area contributed by atoms with E-state index in [0.29, 0.717) is 29.7 Å². The van der Waals surface area contributed by atoms with E-state index in [2.05, 4.69) is 0 Å². The SMILES string of the molecule is CS(=O)(=O)c1ccc(N(CCCl)CCCl)cc1. The molecular weight excluding hydrogens is 281 g/mol. The number of anilines is 1. The van der Waals surface area contributed by atoms with Gasteiger partial charge in [0.1, 0.15) is 0 Å². The summed E-state index contributed by atoms with van der Waals surface area (Å²) in [5, 5.41) is 0. The number of rotatable bonds is 6. The summed E-state index contributed by atoms with van der Waals surface area (Å²) in [6.07, 6.45) is 1.19. The lowest BCUT2D eigenvalue weighted by molar-refractivity contribution is 0.602. The minimum atomic E-state index is -3.14. The minimum absolute atomic E-state index is 0.318. The second-order valence-corrected chi connectivity index (χ2v) is 6.40. The van der Waals surface area contributed by atoms with Gasteiger partial charge in [-0.1, -0.05) is 0 Å². The van der Waals surface area contributed by atoms with E-state index in [1.807, 2.05) is 4.90 Å². The van der Waals surface area contributed by atoms with Crippen molar-refractivity contribution in [2.24, 2.45) is 0 Å². The highest BCUT2D eigenvalue weighted by Crippen LogP contribution is 2.18. The average molecular weight is 296 g/mol. The lowest BCUT2D eigenvalue weighted by Gasteiger charge is -2.22. The van der Waals surface area contributed by atoms with Crippen molar-refractivity contribution in [2.45, 2.75) is 4.90 Å². The number of hydrogen-bond donors (Lipinski definition) is 0. The molecule has 0 radical (unpaired) electrons. The van der Waals surface area contributed by atoms with Crippen molar-refractivity contribution in [3.63, 3.8) is 0 Å². The summed E-state index contributed by atoms with van der Waals surface area (Å²) in [4.78, 5) is 2.34. The molecule has 6 heteroatoms. The fourth-order valence-corrected chi connectivity index (χ4v) is 2.52. The van der Waals surface area contributed by atoms with Crippen LogP contribution in [0, 0.1) is 0 Å². The topological polar surface area (TPSA) is 37.4 Å². The van der Waals surface area contributed by atoms with Gasteiger partial charge in [-0.05, 0) is 24.3 Å². The molecule has 1 aromatic carbocycles. The first-order valence-electron chi connectivity index (χ1n) is 5.16. The van der Waals surface area contributed by atoms with Crippen LogP contribution in [0.3, 0.4) is 0 Å². The highest BCUT2D eigenvalue weighted by atomic mass is 35.5. The normalized spacial score (nSPS) is 11.5. The first kappa shape index (κ1) is 14.6. The summed E-state index contributed by atoms with van der Waals surface area (Å²) in [7, 11) is -3.14. The summed E-state index contributed by atoms with van der Waals surface area (Å²) in [5.41, 5.74) is 0.929. The van der Waals surface area contributed by atoms with Gasteiger partial charge in [-0.15, -0.1) is 23.2 Å². The highest BCUT2D eigenvalue weighted by molar-refractivity contribution is 7.90. The van der Waals surface area contributed by atoms with Gasteiger partial charge in [0.2, 0.25) is 0 Å². The number of nitrogens with zero attached hydrogens (tertiary/aromatic N) is 1. The van der Waals surface area contributed by atoms with Crippen molar-refractivity contribution in [2.75, 3.05) is 36.0 Å². The van der Waals surface area contributed by atoms with E-state index in [-0.39, 0.29) is 0 Å². The largest absolute Gasteiger partial charge is 0.369 e. The van der Waals surface area contributed by atoms with E-state index in [1.54, 1.807) is 24.3 Å². The Kier molecular flexibility index (Phi) is 5.56. The zero-order valence-corrected chi connectivity index (χ0v) is 11.9. The zero-order valence-electron chi connectivity index (χ0n) is 9.57. The molecule has 17 heavy (non-hydrogen) atoms. The molecule has 1 rings (SSSR count). The molecule has 0 aliphatic heterocycles. The summed E-state index contributed by atoms with van der Waals surface area (Å²) >= 11 is 11.4. The number of hydrogen-bond acceptors (Lipinski definition) is 3. The van der Waals surface area contributed by atoms with Crippen LogP contribution in [0.4, 0.5) is 5.69 Å². The van der Waals surface area contributed by atoms with Crippen LogP contribution in [0.25, 0.3) is 0 Å². The number of alkyl halides is 2. The molecule has 0 saturated heterocycles. The number of halogens is 2. The van der Waals surface area contributed by atoms with Crippen molar-refractivity contribution in [1.82, 2.24) is 0 Å². The molecule has 0 aromatic heterocycles. The number of benzene rings is 1. The van der Waals surface area contributed by atoms with Crippen LogP contribution in [0.2, 0.25) is 0 Å². The van der Waals surface area contributed by atoms with Crippen molar-refractivity contribution in [3.05, 3.63) is 24.3 Å². The van der Waals surface area contributed by atoms with Crippen LogP contribution in [0.5, 0.6) is 0 Å².